The van der Waals surface area contributed by atoms with Crippen LogP contribution in [0, 0.1) is 3.57 Å². The molecule has 0 unspecified atom stereocenters. The summed E-state index contributed by atoms with van der Waals surface area (Å²) in [5, 5.41) is 0. The molecule has 0 radical (unpaired) electrons. The molecule has 0 aliphatic rings. The standard InChI is InChI=1S/C10H7F5INO2/c1-19-7(18)3-6-5(16)2-4(10(13,14)15)8(17-6)9(11)12/h2,9H,3H2,1H3. The number of esters is 1. The van der Waals surface area contributed by atoms with Crippen molar-refractivity contribution in [1.82, 2.24) is 4.98 Å². The Kier molecular flexibility index (Phi) is 5.04. The lowest BCUT2D eigenvalue weighted by Gasteiger charge is -2.14. The molecule has 19 heavy (non-hydrogen) atoms. The van der Waals surface area contributed by atoms with Crippen LogP contribution in [0.2, 0.25) is 0 Å². The maximum absolute atomic E-state index is 12.6. The summed E-state index contributed by atoms with van der Waals surface area (Å²) in [6.07, 6.45) is -8.78. The largest absolute Gasteiger partial charge is 0.469 e. The van der Waals surface area contributed by atoms with E-state index in [9.17, 15) is 26.7 Å². The first-order chi connectivity index (χ1) is 8.66. The molecule has 3 nitrogen and oxygen atoms in total. The summed E-state index contributed by atoms with van der Waals surface area (Å²) < 4.78 is 67.2. The molecule has 1 rings (SSSR count). The molecule has 0 saturated heterocycles. The van der Waals surface area contributed by atoms with Crippen LogP contribution in [-0.4, -0.2) is 18.1 Å². The normalized spacial score (nSPS) is 11.8. The Labute approximate surface area is 118 Å². The van der Waals surface area contributed by atoms with Crippen molar-refractivity contribution < 1.29 is 31.5 Å². The number of nitrogens with zero attached hydrogens (tertiary/aromatic N) is 1. The van der Waals surface area contributed by atoms with Crippen LogP contribution in [0.15, 0.2) is 6.07 Å². The zero-order valence-electron chi connectivity index (χ0n) is 9.39. The Morgan fingerprint density at radius 2 is 2.05 bits per heavy atom. The van der Waals surface area contributed by atoms with E-state index in [2.05, 4.69) is 9.72 Å². The van der Waals surface area contributed by atoms with Gasteiger partial charge in [-0.25, -0.2) is 13.8 Å². The number of rotatable bonds is 3. The summed E-state index contributed by atoms with van der Waals surface area (Å²) in [6.45, 7) is 0. The third kappa shape index (κ3) is 3.98. The van der Waals surface area contributed by atoms with Crippen LogP contribution in [0.5, 0.6) is 0 Å². The Morgan fingerprint density at radius 1 is 1.47 bits per heavy atom. The van der Waals surface area contributed by atoms with Gasteiger partial charge < -0.3 is 4.74 Å². The van der Waals surface area contributed by atoms with E-state index in [1.54, 1.807) is 0 Å². The molecule has 1 aromatic rings. The number of hydrogen-bond donors (Lipinski definition) is 0. The molecule has 1 aromatic heterocycles. The lowest BCUT2D eigenvalue weighted by molar-refractivity contribution is -0.140. The van der Waals surface area contributed by atoms with Crippen molar-refractivity contribution in [3.63, 3.8) is 0 Å². The van der Waals surface area contributed by atoms with Crippen molar-refractivity contribution in [3.05, 3.63) is 26.6 Å². The Morgan fingerprint density at radius 3 is 2.47 bits per heavy atom. The van der Waals surface area contributed by atoms with Crippen LogP contribution in [0.4, 0.5) is 22.0 Å². The fourth-order valence-electron chi connectivity index (χ4n) is 1.27. The van der Waals surface area contributed by atoms with Crippen molar-refractivity contribution in [2.75, 3.05) is 7.11 Å². The number of carbonyl (C=O) groups excluding carboxylic acids is 1. The van der Waals surface area contributed by atoms with Gasteiger partial charge in [0.1, 0.15) is 5.69 Å². The molecule has 0 atom stereocenters. The van der Waals surface area contributed by atoms with Gasteiger partial charge in [-0.15, -0.1) is 0 Å². The van der Waals surface area contributed by atoms with E-state index in [-0.39, 0.29) is 9.26 Å². The van der Waals surface area contributed by atoms with Gasteiger partial charge in [-0.1, -0.05) is 0 Å². The molecule has 0 saturated carbocycles. The molecular formula is C10H7F5INO2. The Balaban J connectivity index is 3.33. The second kappa shape index (κ2) is 5.97. The van der Waals surface area contributed by atoms with E-state index in [1.165, 1.54) is 22.6 Å². The number of halogens is 6. The van der Waals surface area contributed by atoms with Crippen molar-refractivity contribution in [3.8, 4) is 0 Å². The summed E-state index contributed by atoms with van der Waals surface area (Å²) in [5.74, 6) is -0.773. The average Bonchev–Trinajstić information content (AvgIpc) is 2.29. The maximum atomic E-state index is 12.6. The highest BCUT2D eigenvalue weighted by Crippen LogP contribution is 2.36. The van der Waals surface area contributed by atoms with E-state index < -0.39 is 36.2 Å². The van der Waals surface area contributed by atoms with E-state index >= 15 is 0 Å². The molecule has 0 N–H and O–H groups in total. The number of methoxy groups -OCH3 is 1. The highest BCUT2D eigenvalue weighted by molar-refractivity contribution is 14.1. The van der Waals surface area contributed by atoms with Gasteiger partial charge in [-0.3, -0.25) is 4.79 Å². The second-order valence-electron chi connectivity index (χ2n) is 3.40. The second-order valence-corrected chi connectivity index (χ2v) is 4.56. The summed E-state index contributed by atoms with van der Waals surface area (Å²) in [4.78, 5) is 14.3. The van der Waals surface area contributed by atoms with Gasteiger partial charge in [-0.05, 0) is 28.7 Å². The molecule has 106 valence electrons. The average molecular weight is 395 g/mol. The number of aromatic nitrogens is 1. The van der Waals surface area contributed by atoms with Crippen molar-refractivity contribution in [2.45, 2.75) is 19.0 Å². The SMILES string of the molecule is COC(=O)Cc1nc(C(F)F)c(C(F)(F)F)cc1I. The van der Waals surface area contributed by atoms with E-state index in [4.69, 9.17) is 0 Å². The molecule has 1 heterocycles. The first-order valence-corrected chi connectivity index (χ1v) is 5.86. The van der Waals surface area contributed by atoms with E-state index in [0.29, 0.717) is 6.07 Å². The number of hydrogen-bond acceptors (Lipinski definition) is 3. The molecular weight excluding hydrogens is 388 g/mol. The Bertz CT molecular complexity index is 490. The van der Waals surface area contributed by atoms with Crippen LogP contribution in [0.25, 0.3) is 0 Å². The van der Waals surface area contributed by atoms with Gasteiger partial charge in [0, 0.05) is 3.57 Å². The fourth-order valence-corrected chi connectivity index (χ4v) is 1.89. The van der Waals surface area contributed by atoms with Crippen molar-refractivity contribution >= 4 is 28.6 Å². The molecule has 0 aliphatic carbocycles. The molecule has 0 amide bonds. The van der Waals surface area contributed by atoms with Crippen LogP contribution >= 0.6 is 22.6 Å². The third-order valence-electron chi connectivity index (χ3n) is 2.13. The summed E-state index contributed by atoms with van der Waals surface area (Å²) >= 11 is 1.50. The number of pyridine rings is 1. The van der Waals surface area contributed by atoms with Gasteiger partial charge in [0.15, 0.2) is 0 Å². The predicted molar refractivity (Wildman–Crippen MR) is 62.6 cm³/mol. The minimum absolute atomic E-state index is 0.0280. The van der Waals surface area contributed by atoms with E-state index in [1.807, 2.05) is 0 Å². The smallest absolute Gasteiger partial charge is 0.418 e. The Hall–Kier alpha value is -1.00. The molecule has 0 fully saturated rings. The van der Waals surface area contributed by atoms with Gasteiger partial charge >= 0.3 is 12.1 Å². The van der Waals surface area contributed by atoms with Crippen LogP contribution in [-0.2, 0) is 22.1 Å². The predicted octanol–water partition coefficient (Wildman–Crippen LogP) is 3.36. The summed E-state index contributed by atoms with van der Waals surface area (Å²) in [6, 6.07) is 0.549. The first kappa shape index (κ1) is 16.1. The molecule has 0 aliphatic heterocycles. The summed E-state index contributed by atoms with van der Waals surface area (Å²) in [7, 11) is 1.08. The fraction of sp³-hybridized carbons (Fsp3) is 0.400. The van der Waals surface area contributed by atoms with Crippen LogP contribution in [0.1, 0.15) is 23.4 Å². The molecule has 0 aromatic carbocycles. The van der Waals surface area contributed by atoms with Gasteiger partial charge in [-0.2, -0.15) is 13.2 Å². The maximum Gasteiger partial charge on any atom is 0.418 e. The monoisotopic (exact) mass is 395 g/mol. The van der Waals surface area contributed by atoms with E-state index in [0.717, 1.165) is 7.11 Å². The number of ether oxygens (including phenoxy) is 1. The third-order valence-corrected chi connectivity index (χ3v) is 3.06. The topological polar surface area (TPSA) is 39.2 Å². The first-order valence-electron chi connectivity index (χ1n) is 4.78. The van der Waals surface area contributed by atoms with Gasteiger partial charge in [0.05, 0.1) is 24.8 Å². The molecule has 0 spiro atoms. The number of alkyl halides is 5. The lowest BCUT2D eigenvalue weighted by Crippen LogP contribution is -2.16. The molecule has 0 bridgehead atoms. The van der Waals surface area contributed by atoms with Gasteiger partial charge in [0.25, 0.3) is 6.43 Å². The van der Waals surface area contributed by atoms with Crippen molar-refractivity contribution in [2.24, 2.45) is 0 Å². The zero-order valence-corrected chi connectivity index (χ0v) is 11.6. The van der Waals surface area contributed by atoms with Gasteiger partial charge in [0.2, 0.25) is 0 Å². The highest BCUT2D eigenvalue weighted by atomic mass is 127. The van der Waals surface area contributed by atoms with Crippen LogP contribution in [0.3, 0.4) is 0 Å². The highest BCUT2D eigenvalue weighted by Gasteiger charge is 2.37. The summed E-state index contributed by atoms with van der Waals surface area (Å²) in [5.41, 5.74) is -3.05. The zero-order chi connectivity index (χ0) is 14.8. The van der Waals surface area contributed by atoms with Crippen LogP contribution < -0.4 is 0 Å². The van der Waals surface area contributed by atoms with Crippen molar-refractivity contribution in [1.29, 1.82) is 0 Å². The lowest BCUT2D eigenvalue weighted by atomic mass is 10.1. The molecule has 9 heteroatoms. The minimum Gasteiger partial charge on any atom is -0.469 e. The minimum atomic E-state index is -4.93. The quantitative estimate of drug-likeness (QED) is 0.448. The number of carbonyl (C=O) groups is 1.